The van der Waals surface area contributed by atoms with Crippen LogP contribution in [0.25, 0.3) is 0 Å². The van der Waals surface area contributed by atoms with Gasteiger partial charge in [0.05, 0.1) is 12.7 Å². The van der Waals surface area contributed by atoms with Crippen molar-refractivity contribution in [1.82, 2.24) is 10.2 Å². The Labute approximate surface area is 172 Å². The second-order valence-corrected chi connectivity index (χ2v) is 10.1. The third-order valence-corrected chi connectivity index (χ3v) is 6.42. The fourth-order valence-corrected chi connectivity index (χ4v) is 4.72. The van der Waals surface area contributed by atoms with E-state index in [9.17, 15) is 0 Å². The molecule has 4 heteroatoms. The van der Waals surface area contributed by atoms with Gasteiger partial charge in [-0.2, -0.15) is 0 Å². The molecule has 0 aromatic carbocycles. The average Bonchev–Trinajstić information content (AvgIpc) is 2.57. The minimum Gasteiger partial charge on any atom is -0.377 e. The van der Waals surface area contributed by atoms with Crippen molar-refractivity contribution in [3.8, 4) is 0 Å². The molecule has 1 N–H and O–H groups in total. The Bertz CT molecular complexity index is 524. The number of likely N-dealkylation sites (tertiary alicyclic amines) is 1. The van der Waals surface area contributed by atoms with Crippen LogP contribution in [0.15, 0.2) is 22.8 Å². The van der Waals surface area contributed by atoms with Gasteiger partial charge in [0, 0.05) is 30.7 Å². The number of rotatable bonds is 9. The van der Waals surface area contributed by atoms with Crippen molar-refractivity contribution in [2.45, 2.75) is 73.0 Å². The topological polar surface area (TPSA) is 24.5 Å². The van der Waals surface area contributed by atoms with E-state index in [1.54, 1.807) is 5.57 Å². The zero-order valence-electron chi connectivity index (χ0n) is 18.4. The number of halogens is 1. The van der Waals surface area contributed by atoms with Gasteiger partial charge in [0.25, 0.3) is 0 Å². The van der Waals surface area contributed by atoms with Crippen molar-refractivity contribution in [2.24, 2.45) is 17.3 Å². The molecule has 3 nitrogen and oxygen atoms in total. The van der Waals surface area contributed by atoms with Crippen LogP contribution in [0.5, 0.6) is 0 Å². The molecule has 0 bridgehead atoms. The summed E-state index contributed by atoms with van der Waals surface area (Å²) in [5.74, 6) is 1.30. The first-order chi connectivity index (χ1) is 12.7. The average molecular weight is 397 g/mol. The van der Waals surface area contributed by atoms with E-state index in [2.05, 4.69) is 63.9 Å². The summed E-state index contributed by atoms with van der Waals surface area (Å²) in [6.07, 6.45) is 8.12. The molecular weight excluding hydrogens is 356 g/mol. The Balaban J connectivity index is 1.89. The van der Waals surface area contributed by atoms with Gasteiger partial charge in [-0.25, -0.2) is 0 Å². The Morgan fingerprint density at radius 1 is 1.22 bits per heavy atom. The van der Waals surface area contributed by atoms with Crippen LogP contribution in [0, 0.1) is 17.3 Å². The van der Waals surface area contributed by atoms with Crippen LogP contribution in [0.1, 0.15) is 60.8 Å². The Kier molecular flexibility index (Phi) is 8.86. The minimum atomic E-state index is 0.308. The molecule has 0 aromatic rings. The highest BCUT2D eigenvalue weighted by molar-refractivity contribution is 6.29. The molecule has 2 aliphatic rings. The summed E-state index contributed by atoms with van der Waals surface area (Å²) in [4.78, 5) is 2.67. The van der Waals surface area contributed by atoms with E-state index >= 15 is 0 Å². The Hall–Kier alpha value is -0.350. The summed E-state index contributed by atoms with van der Waals surface area (Å²) in [5.41, 5.74) is 1.91. The fraction of sp³-hybridized carbons (Fsp3) is 0.826. The number of hydrogen-bond donors (Lipinski definition) is 1. The minimum absolute atomic E-state index is 0.308. The predicted molar refractivity (Wildman–Crippen MR) is 117 cm³/mol. The molecule has 1 saturated heterocycles. The molecule has 0 aromatic heterocycles. The summed E-state index contributed by atoms with van der Waals surface area (Å²) < 4.78 is 5.69. The number of nitrogens with one attached hydrogen (secondary N) is 1. The summed E-state index contributed by atoms with van der Waals surface area (Å²) in [7, 11) is 0. The van der Waals surface area contributed by atoms with E-state index in [0.717, 1.165) is 37.6 Å². The second kappa shape index (κ2) is 10.4. The van der Waals surface area contributed by atoms with Crippen molar-refractivity contribution in [3.63, 3.8) is 0 Å². The molecule has 1 unspecified atom stereocenters. The second-order valence-electron chi connectivity index (χ2n) is 9.64. The van der Waals surface area contributed by atoms with Gasteiger partial charge in [-0.3, -0.25) is 0 Å². The van der Waals surface area contributed by atoms with E-state index in [1.165, 1.54) is 19.5 Å². The van der Waals surface area contributed by atoms with Crippen molar-refractivity contribution >= 4 is 11.6 Å². The molecular formula is C23H41ClN2O. The van der Waals surface area contributed by atoms with Crippen LogP contribution < -0.4 is 5.32 Å². The van der Waals surface area contributed by atoms with Crippen LogP contribution in [-0.4, -0.2) is 49.8 Å². The fourth-order valence-electron chi connectivity index (χ4n) is 4.56. The number of ether oxygens (including phenoxy) is 1. The van der Waals surface area contributed by atoms with E-state index in [0.29, 0.717) is 29.4 Å². The van der Waals surface area contributed by atoms with Gasteiger partial charge in [0.2, 0.25) is 0 Å². The normalized spacial score (nSPS) is 24.9. The molecule has 0 saturated carbocycles. The molecule has 0 amide bonds. The zero-order valence-corrected chi connectivity index (χ0v) is 19.1. The first-order valence-electron chi connectivity index (χ1n) is 10.8. The van der Waals surface area contributed by atoms with Crippen molar-refractivity contribution in [1.29, 1.82) is 0 Å². The summed E-state index contributed by atoms with van der Waals surface area (Å²) in [6, 6.07) is 0.517. The number of allylic oxidation sites excluding steroid dienone is 4. The monoisotopic (exact) mass is 396 g/mol. The smallest absolute Gasteiger partial charge is 0.0594 e. The molecule has 0 spiro atoms. The first-order valence-corrected chi connectivity index (χ1v) is 11.2. The van der Waals surface area contributed by atoms with Crippen molar-refractivity contribution in [2.75, 3.05) is 32.8 Å². The summed E-state index contributed by atoms with van der Waals surface area (Å²) in [5, 5.41) is 4.73. The highest BCUT2D eigenvalue weighted by atomic mass is 35.5. The van der Waals surface area contributed by atoms with Gasteiger partial charge in [-0.15, -0.1) is 0 Å². The van der Waals surface area contributed by atoms with Gasteiger partial charge in [-0.1, -0.05) is 50.9 Å². The maximum atomic E-state index is 6.16. The standard InChI is InChI=1S/C23H41ClN2O/c1-17(2)22(25-12-14-27-18(3)4)15-26-13-11-21(23(5,6)16-26)19-7-9-20(24)10-8-19/h7,9,17-18,21-22,25H,8,10-16H2,1-6H3/t21?,22-/m0/s1. The SMILES string of the molecule is CC(C)OCCN[C@@H](CN1CCC(C2=CC=C(Cl)CC2)C(C)(C)C1)C(C)C. The quantitative estimate of drug-likeness (QED) is 0.541. The largest absolute Gasteiger partial charge is 0.377 e. The van der Waals surface area contributed by atoms with Gasteiger partial charge in [0.1, 0.15) is 0 Å². The molecule has 1 aliphatic carbocycles. The maximum Gasteiger partial charge on any atom is 0.0594 e. The van der Waals surface area contributed by atoms with Gasteiger partial charge < -0.3 is 15.0 Å². The zero-order chi connectivity index (χ0) is 20.0. The van der Waals surface area contributed by atoms with Crippen molar-refractivity contribution in [3.05, 3.63) is 22.8 Å². The van der Waals surface area contributed by atoms with Crippen LogP contribution in [-0.2, 0) is 4.74 Å². The first kappa shape index (κ1) is 22.9. The Morgan fingerprint density at radius 3 is 2.52 bits per heavy atom. The third-order valence-electron chi connectivity index (χ3n) is 6.11. The van der Waals surface area contributed by atoms with Crippen molar-refractivity contribution < 1.29 is 4.74 Å². The van der Waals surface area contributed by atoms with Crippen LogP contribution >= 0.6 is 11.6 Å². The molecule has 0 radical (unpaired) electrons. The van der Waals surface area contributed by atoms with E-state index in [1.807, 2.05) is 0 Å². The van der Waals surface area contributed by atoms with Crippen LogP contribution in [0.4, 0.5) is 0 Å². The molecule has 1 heterocycles. The number of hydrogen-bond acceptors (Lipinski definition) is 3. The Morgan fingerprint density at radius 2 is 1.96 bits per heavy atom. The lowest BCUT2D eigenvalue weighted by molar-refractivity contribution is 0.0547. The maximum absolute atomic E-state index is 6.16. The van der Waals surface area contributed by atoms with E-state index < -0.39 is 0 Å². The lowest BCUT2D eigenvalue weighted by Crippen LogP contribution is -2.52. The van der Waals surface area contributed by atoms with E-state index in [4.69, 9.17) is 16.3 Å². The van der Waals surface area contributed by atoms with Crippen LogP contribution in [0.2, 0.25) is 0 Å². The highest BCUT2D eigenvalue weighted by Gasteiger charge is 2.38. The van der Waals surface area contributed by atoms with Gasteiger partial charge in [0.15, 0.2) is 0 Å². The van der Waals surface area contributed by atoms with Gasteiger partial charge in [-0.05, 0) is 63.0 Å². The third kappa shape index (κ3) is 7.20. The molecule has 1 fully saturated rings. The molecule has 2 rings (SSSR count). The predicted octanol–water partition coefficient (Wildman–Crippen LogP) is 5.22. The summed E-state index contributed by atoms with van der Waals surface area (Å²) >= 11 is 6.16. The molecule has 156 valence electrons. The molecule has 27 heavy (non-hydrogen) atoms. The lowest BCUT2D eigenvalue weighted by atomic mass is 9.68. The molecule has 1 aliphatic heterocycles. The number of piperidine rings is 1. The lowest BCUT2D eigenvalue weighted by Gasteiger charge is -2.47. The van der Waals surface area contributed by atoms with Crippen LogP contribution in [0.3, 0.4) is 0 Å². The number of nitrogens with zero attached hydrogens (tertiary/aromatic N) is 1. The summed E-state index contributed by atoms with van der Waals surface area (Å²) in [6.45, 7) is 18.9. The van der Waals surface area contributed by atoms with Gasteiger partial charge >= 0.3 is 0 Å². The molecule has 2 atom stereocenters. The van der Waals surface area contributed by atoms with E-state index in [-0.39, 0.29) is 0 Å². The highest BCUT2D eigenvalue weighted by Crippen LogP contribution is 2.42.